The number of piperidine rings is 1. The highest BCUT2D eigenvalue weighted by Crippen LogP contribution is 2.38. The quantitative estimate of drug-likeness (QED) is 0.762. The number of carbonyl (C=O) groups is 2. The van der Waals surface area contributed by atoms with E-state index in [1.165, 1.54) is 5.56 Å². The highest BCUT2D eigenvalue weighted by Gasteiger charge is 2.38. The van der Waals surface area contributed by atoms with Gasteiger partial charge >= 0.3 is 0 Å². The molecule has 7 nitrogen and oxygen atoms in total. The number of hydrogen-bond donors (Lipinski definition) is 1. The van der Waals surface area contributed by atoms with Crippen LogP contribution in [-0.4, -0.2) is 67.9 Å². The second kappa shape index (κ2) is 9.79. The lowest BCUT2D eigenvalue weighted by atomic mass is 9.82. The van der Waals surface area contributed by atoms with Gasteiger partial charge in [-0.1, -0.05) is 18.2 Å². The monoisotopic (exact) mass is 442 g/mol. The van der Waals surface area contributed by atoms with Gasteiger partial charge in [-0.3, -0.25) is 9.59 Å². The Balaban J connectivity index is 1.36. The lowest BCUT2D eigenvalue weighted by Gasteiger charge is -2.42. The Kier molecular flexibility index (Phi) is 6.64. The van der Waals surface area contributed by atoms with Gasteiger partial charge in [-0.2, -0.15) is 0 Å². The first-order valence-corrected chi connectivity index (χ1v) is 12.2. The fraction of sp³-hybridized carbons (Fsp3) is 0.680. The maximum absolute atomic E-state index is 13.2. The van der Waals surface area contributed by atoms with Gasteiger partial charge in [0.25, 0.3) is 5.91 Å². The van der Waals surface area contributed by atoms with Gasteiger partial charge in [0.05, 0.1) is 37.3 Å². The van der Waals surface area contributed by atoms with Crippen LogP contribution in [0.5, 0.6) is 5.75 Å². The molecule has 2 bridgehead atoms. The predicted octanol–water partition coefficient (Wildman–Crippen LogP) is 2.63. The summed E-state index contributed by atoms with van der Waals surface area (Å²) in [4.78, 5) is 27.9. The van der Waals surface area contributed by atoms with Crippen LogP contribution in [-0.2, 0) is 19.1 Å². The average Bonchev–Trinajstić information content (AvgIpc) is 3.37. The molecule has 1 aromatic carbocycles. The van der Waals surface area contributed by atoms with Crippen molar-refractivity contribution in [2.75, 3.05) is 33.0 Å². The van der Waals surface area contributed by atoms with E-state index in [0.29, 0.717) is 32.3 Å². The van der Waals surface area contributed by atoms with Crippen molar-refractivity contribution < 1.29 is 23.8 Å². The van der Waals surface area contributed by atoms with Gasteiger partial charge < -0.3 is 24.4 Å². The smallest absolute Gasteiger partial charge is 0.260 e. The van der Waals surface area contributed by atoms with Crippen molar-refractivity contribution >= 4 is 11.8 Å². The maximum atomic E-state index is 13.2. The molecular formula is C25H34N2O5. The Morgan fingerprint density at radius 1 is 1.03 bits per heavy atom. The van der Waals surface area contributed by atoms with E-state index in [1.54, 1.807) is 0 Å². The molecule has 2 amide bonds. The van der Waals surface area contributed by atoms with Crippen LogP contribution in [0.1, 0.15) is 56.4 Å². The lowest BCUT2D eigenvalue weighted by molar-refractivity contribution is -0.142. The van der Waals surface area contributed by atoms with Crippen molar-refractivity contribution in [1.82, 2.24) is 10.2 Å². The Hall–Kier alpha value is -2.12. The van der Waals surface area contributed by atoms with E-state index < -0.39 is 0 Å². The molecule has 4 aliphatic heterocycles. The van der Waals surface area contributed by atoms with Gasteiger partial charge in [-0.15, -0.1) is 0 Å². The third-order valence-electron chi connectivity index (χ3n) is 7.61. The number of carbonyl (C=O) groups excluding carboxylic acids is 2. The van der Waals surface area contributed by atoms with Crippen LogP contribution in [0, 0.1) is 5.92 Å². The number of nitrogens with one attached hydrogen (secondary N) is 1. The molecule has 174 valence electrons. The summed E-state index contributed by atoms with van der Waals surface area (Å²) in [5, 5.41) is 3.23. The number of nitrogens with zero attached hydrogens (tertiary/aromatic N) is 1. The first kappa shape index (κ1) is 21.7. The summed E-state index contributed by atoms with van der Waals surface area (Å²) in [6.07, 6.45) is 6.83. The Labute approximate surface area is 189 Å². The van der Waals surface area contributed by atoms with Crippen molar-refractivity contribution in [2.45, 2.75) is 69.1 Å². The van der Waals surface area contributed by atoms with Crippen molar-refractivity contribution in [2.24, 2.45) is 5.92 Å². The number of rotatable bonds is 2. The fourth-order valence-electron chi connectivity index (χ4n) is 5.73. The topological polar surface area (TPSA) is 77.1 Å². The van der Waals surface area contributed by atoms with Crippen LogP contribution in [0.25, 0.3) is 0 Å². The van der Waals surface area contributed by atoms with E-state index in [-0.39, 0.29) is 42.5 Å². The zero-order valence-corrected chi connectivity index (χ0v) is 18.7. The third-order valence-corrected chi connectivity index (χ3v) is 7.61. The molecule has 2 unspecified atom stereocenters. The zero-order valence-electron chi connectivity index (χ0n) is 18.7. The van der Waals surface area contributed by atoms with Gasteiger partial charge in [0.1, 0.15) is 5.75 Å². The third kappa shape index (κ3) is 4.64. The molecule has 5 aliphatic rings. The largest absolute Gasteiger partial charge is 0.483 e. The summed E-state index contributed by atoms with van der Waals surface area (Å²) >= 11 is 0. The molecule has 2 saturated heterocycles. The van der Waals surface area contributed by atoms with Crippen LogP contribution in [0.2, 0.25) is 0 Å². The van der Waals surface area contributed by atoms with Crippen molar-refractivity contribution in [1.29, 1.82) is 0 Å². The van der Waals surface area contributed by atoms with Crippen LogP contribution >= 0.6 is 0 Å². The molecule has 0 aromatic heterocycles. The van der Waals surface area contributed by atoms with Gasteiger partial charge in [0.2, 0.25) is 5.91 Å². The van der Waals surface area contributed by atoms with Crippen molar-refractivity contribution in [3.63, 3.8) is 0 Å². The molecule has 0 radical (unpaired) electrons. The molecule has 6 rings (SSSR count). The molecule has 3 fully saturated rings. The first-order valence-electron chi connectivity index (χ1n) is 12.2. The number of amides is 2. The number of ether oxygens (including phenoxy) is 3. The van der Waals surface area contributed by atoms with Crippen LogP contribution in [0.3, 0.4) is 0 Å². The first-order chi connectivity index (χ1) is 15.7. The Morgan fingerprint density at radius 3 is 2.69 bits per heavy atom. The van der Waals surface area contributed by atoms with Crippen molar-refractivity contribution in [3.05, 3.63) is 29.8 Å². The molecule has 4 heterocycles. The molecule has 1 saturated carbocycles. The van der Waals surface area contributed by atoms with Gasteiger partial charge in [-0.05, 0) is 62.5 Å². The van der Waals surface area contributed by atoms with E-state index in [1.807, 2.05) is 23.1 Å². The summed E-state index contributed by atoms with van der Waals surface area (Å²) in [5.74, 6) is 1.18. The molecular weight excluding hydrogens is 408 g/mol. The number of benzene rings is 1. The summed E-state index contributed by atoms with van der Waals surface area (Å²) in [6.45, 7) is 2.27. The second-order valence-electron chi connectivity index (χ2n) is 9.61. The number of fused-ring (bicyclic) bond motifs is 5. The van der Waals surface area contributed by atoms with Crippen LogP contribution < -0.4 is 10.1 Å². The highest BCUT2D eigenvalue weighted by atomic mass is 16.5. The van der Waals surface area contributed by atoms with Crippen LogP contribution in [0.4, 0.5) is 0 Å². The normalized spacial score (nSPS) is 33.2. The summed E-state index contributed by atoms with van der Waals surface area (Å²) in [6, 6.07) is 7.86. The van der Waals surface area contributed by atoms with E-state index in [9.17, 15) is 9.59 Å². The van der Waals surface area contributed by atoms with E-state index in [0.717, 1.165) is 50.7 Å². The summed E-state index contributed by atoms with van der Waals surface area (Å²) in [7, 11) is 0. The van der Waals surface area contributed by atoms with Gasteiger partial charge in [0.15, 0.2) is 6.61 Å². The molecule has 0 spiro atoms. The molecule has 32 heavy (non-hydrogen) atoms. The minimum Gasteiger partial charge on any atom is -0.483 e. The highest BCUT2D eigenvalue weighted by molar-refractivity contribution is 5.80. The molecule has 1 aliphatic carbocycles. The number of hydrogen-bond acceptors (Lipinski definition) is 5. The number of para-hydroxylation sites is 1. The molecule has 7 heteroatoms. The SMILES string of the molecule is O=C(N[C@H]1CCCN2C(=O)COc3ccccc3C3CCC(CC3)OCC12)C1CCOC1. The van der Waals surface area contributed by atoms with Crippen molar-refractivity contribution in [3.8, 4) is 5.75 Å². The molecule has 1 aromatic rings. The molecule has 3 atom stereocenters. The lowest BCUT2D eigenvalue weighted by Crippen LogP contribution is -2.60. The molecule has 1 N–H and O–H groups in total. The van der Waals surface area contributed by atoms with Gasteiger partial charge in [0, 0.05) is 13.2 Å². The minimum absolute atomic E-state index is 0.0147. The maximum Gasteiger partial charge on any atom is 0.260 e. The zero-order chi connectivity index (χ0) is 21.9. The average molecular weight is 443 g/mol. The second-order valence-corrected chi connectivity index (χ2v) is 9.61. The van der Waals surface area contributed by atoms with Crippen LogP contribution in [0.15, 0.2) is 24.3 Å². The van der Waals surface area contributed by atoms with Gasteiger partial charge in [-0.25, -0.2) is 0 Å². The summed E-state index contributed by atoms with van der Waals surface area (Å²) in [5.41, 5.74) is 1.21. The van der Waals surface area contributed by atoms with E-state index in [4.69, 9.17) is 14.2 Å². The summed E-state index contributed by atoms with van der Waals surface area (Å²) < 4.78 is 17.8. The Bertz CT molecular complexity index is 816. The predicted molar refractivity (Wildman–Crippen MR) is 118 cm³/mol. The van der Waals surface area contributed by atoms with E-state index >= 15 is 0 Å². The van der Waals surface area contributed by atoms with E-state index in [2.05, 4.69) is 11.4 Å². The standard InChI is InChI=1S/C25H34N2O5/c28-24-16-32-23-6-2-1-4-20(23)17-7-9-19(10-8-17)31-15-22-21(5-3-12-27(22)24)26-25(29)18-11-13-30-14-18/h1-2,4,6,17-19,21-22H,3,5,7-16H2,(H,26,29)/t17?,18?,19?,21-,22?/m0/s1. The fourth-order valence-corrected chi connectivity index (χ4v) is 5.73. The Morgan fingerprint density at radius 2 is 1.88 bits per heavy atom. The minimum atomic E-state index is -0.167.